The molecule has 2 atom stereocenters. The van der Waals surface area contributed by atoms with Crippen LogP contribution in [0.4, 0.5) is 8.78 Å². The number of pyridine rings is 1. The van der Waals surface area contributed by atoms with Gasteiger partial charge < -0.3 is 15.2 Å². The van der Waals surface area contributed by atoms with E-state index in [9.17, 15) is 8.78 Å². The molecule has 3 rings (SSSR count). The molecule has 0 aliphatic heterocycles. The number of aliphatic hydroxyl groups excluding tert-OH is 2. The summed E-state index contributed by atoms with van der Waals surface area (Å²) in [5.74, 6) is -1.12. The van der Waals surface area contributed by atoms with Gasteiger partial charge in [-0.05, 0) is 67.8 Å². The van der Waals surface area contributed by atoms with Gasteiger partial charge in [0.15, 0.2) is 0 Å². The first-order valence-electron chi connectivity index (χ1n) is 8.78. The first-order chi connectivity index (χ1) is 12.7. The van der Waals surface area contributed by atoms with Crippen LogP contribution in [0.1, 0.15) is 31.4 Å². The minimum atomic E-state index is -0.593. The van der Waals surface area contributed by atoms with Crippen molar-refractivity contribution in [1.82, 2.24) is 4.98 Å². The smallest absolute Gasteiger partial charge is 0.0536 e. The molecule has 153 valence electrons. The van der Waals surface area contributed by atoms with Crippen LogP contribution in [0.15, 0.2) is 36.5 Å². The van der Waals surface area contributed by atoms with Gasteiger partial charge in [0.1, 0.15) is 0 Å². The van der Waals surface area contributed by atoms with E-state index in [1.165, 1.54) is 0 Å². The van der Waals surface area contributed by atoms with Crippen LogP contribution >= 0.6 is 0 Å². The zero-order valence-corrected chi connectivity index (χ0v) is 18.7. The Morgan fingerprint density at radius 2 is 1.61 bits per heavy atom. The van der Waals surface area contributed by atoms with Crippen LogP contribution in [0.25, 0.3) is 22.0 Å². The van der Waals surface area contributed by atoms with E-state index in [0.717, 1.165) is 34.0 Å². The number of halogens is 2. The van der Waals surface area contributed by atoms with Crippen molar-refractivity contribution in [2.45, 2.75) is 46.3 Å². The minimum absolute atomic E-state index is 0. The van der Waals surface area contributed by atoms with E-state index in [2.05, 4.69) is 11.1 Å². The van der Waals surface area contributed by atoms with Gasteiger partial charge in [-0.1, -0.05) is 17.7 Å². The Labute approximate surface area is 177 Å². The Morgan fingerprint density at radius 3 is 2.18 bits per heavy atom. The van der Waals surface area contributed by atoms with Crippen molar-refractivity contribution in [3.8, 4) is 11.3 Å². The van der Waals surface area contributed by atoms with Crippen LogP contribution in [0, 0.1) is 31.5 Å². The Morgan fingerprint density at radius 1 is 1.00 bits per heavy atom. The van der Waals surface area contributed by atoms with Crippen LogP contribution in [0.2, 0.25) is 0 Å². The summed E-state index contributed by atoms with van der Waals surface area (Å²) in [6, 6.07) is 10.4. The summed E-state index contributed by atoms with van der Waals surface area (Å²) in [4.78, 5) is 4.21. The maximum absolute atomic E-state index is 13.9. The Hall–Kier alpha value is -1.72. The number of nitrogens with zero attached hydrogens (tertiary/aromatic N) is 1. The predicted molar refractivity (Wildman–Crippen MR) is 103 cm³/mol. The van der Waals surface area contributed by atoms with Gasteiger partial charge in [0, 0.05) is 37.9 Å². The second-order valence-electron chi connectivity index (χ2n) is 6.78. The fraction of sp³-hybridized carbons (Fsp3) is 0.318. The van der Waals surface area contributed by atoms with Crippen LogP contribution < -0.4 is 0 Å². The van der Waals surface area contributed by atoms with Crippen molar-refractivity contribution in [1.29, 1.82) is 0 Å². The summed E-state index contributed by atoms with van der Waals surface area (Å²) in [5.41, 5.74) is 2.73. The quantitative estimate of drug-likeness (QED) is 0.453. The van der Waals surface area contributed by atoms with Crippen molar-refractivity contribution < 1.29 is 39.1 Å². The van der Waals surface area contributed by atoms with Crippen molar-refractivity contribution in [2.24, 2.45) is 0 Å². The molecule has 28 heavy (non-hydrogen) atoms. The number of hydrogen-bond acceptors (Lipinski definition) is 3. The standard InChI is InChI=1S/C17H12F2N.C5H12O2.Ir/c1-10-7-12-5-6-20-17(14(12)8-11(10)2)15-9-13(18)3-4-16(15)19;1-4(6)3-5(2)7;/h3-8H,1-2H3;4-7H,3H2,1-2H3;/q-1;;. The molecule has 1 aromatic heterocycles. The van der Waals surface area contributed by atoms with E-state index < -0.39 is 11.6 Å². The number of fused-ring (bicyclic) bond motifs is 1. The Balaban J connectivity index is 0.000000425. The molecule has 0 saturated carbocycles. The van der Waals surface area contributed by atoms with Gasteiger partial charge in [-0.15, -0.1) is 18.2 Å². The van der Waals surface area contributed by atoms with Crippen LogP contribution in [-0.2, 0) is 20.1 Å². The molecule has 0 fully saturated rings. The van der Waals surface area contributed by atoms with Crippen LogP contribution in [0.3, 0.4) is 0 Å². The monoisotopic (exact) mass is 565 g/mol. The molecule has 2 N–H and O–H groups in total. The molecular weight excluding hydrogens is 540 g/mol. The van der Waals surface area contributed by atoms with E-state index in [1.807, 2.05) is 32.0 Å². The summed E-state index contributed by atoms with van der Waals surface area (Å²) in [7, 11) is 0. The van der Waals surface area contributed by atoms with E-state index in [-0.39, 0.29) is 37.9 Å². The van der Waals surface area contributed by atoms with Crippen molar-refractivity contribution in [3.63, 3.8) is 0 Å². The van der Waals surface area contributed by atoms with E-state index >= 15 is 0 Å². The second-order valence-corrected chi connectivity index (χ2v) is 6.78. The second kappa shape index (κ2) is 10.7. The molecule has 1 heterocycles. The largest absolute Gasteiger partial charge is 0.393 e. The molecule has 6 heteroatoms. The van der Waals surface area contributed by atoms with E-state index in [4.69, 9.17) is 10.2 Å². The molecule has 3 aromatic rings. The number of aliphatic hydroxyl groups is 2. The molecular formula is C22H24F2IrNO2-. The molecule has 3 nitrogen and oxygen atoms in total. The maximum Gasteiger partial charge on any atom is 0.0536 e. The van der Waals surface area contributed by atoms with E-state index in [0.29, 0.717) is 12.1 Å². The molecule has 0 aliphatic rings. The molecule has 2 aromatic carbocycles. The fourth-order valence-corrected chi connectivity index (χ4v) is 2.76. The van der Waals surface area contributed by atoms with Crippen LogP contribution in [0.5, 0.6) is 0 Å². The third-order valence-corrected chi connectivity index (χ3v) is 4.16. The number of aromatic nitrogens is 1. The normalized spacial score (nSPS) is 12.6. The molecule has 1 radical (unpaired) electrons. The number of rotatable bonds is 3. The SMILES string of the molecule is CC(O)CC(C)O.Cc1cc2ccnc(-c3[c-]c(F)ccc3F)c2cc1C.[Ir]. The average molecular weight is 565 g/mol. The molecule has 2 unspecified atom stereocenters. The molecule has 0 saturated heterocycles. The summed E-state index contributed by atoms with van der Waals surface area (Å²) in [6.45, 7) is 7.32. The molecule has 0 bridgehead atoms. The van der Waals surface area contributed by atoms with Gasteiger partial charge in [0.25, 0.3) is 0 Å². The van der Waals surface area contributed by atoms with Gasteiger partial charge >= 0.3 is 0 Å². The van der Waals surface area contributed by atoms with Gasteiger partial charge in [-0.3, -0.25) is 4.39 Å². The summed E-state index contributed by atoms with van der Waals surface area (Å²) < 4.78 is 27.3. The number of benzene rings is 2. The minimum Gasteiger partial charge on any atom is -0.393 e. The van der Waals surface area contributed by atoms with Crippen molar-refractivity contribution in [3.05, 3.63) is 65.4 Å². The van der Waals surface area contributed by atoms with Gasteiger partial charge in [0.05, 0.1) is 12.2 Å². The third-order valence-electron chi connectivity index (χ3n) is 4.16. The fourth-order valence-electron chi connectivity index (χ4n) is 2.76. The van der Waals surface area contributed by atoms with E-state index in [1.54, 1.807) is 20.0 Å². The molecule has 0 amide bonds. The Bertz CT molecular complexity index is 924. The summed E-state index contributed by atoms with van der Waals surface area (Å²) in [6.07, 6.45) is 1.32. The predicted octanol–water partition coefficient (Wildman–Crippen LogP) is 4.73. The summed E-state index contributed by atoms with van der Waals surface area (Å²) in [5, 5.41) is 18.9. The third kappa shape index (κ3) is 6.42. The van der Waals surface area contributed by atoms with Crippen molar-refractivity contribution >= 4 is 10.8 Å². The van der Waals surface area contributed by atoms with Gasteiger partial charge in [-0.2, -0.15) is 0 Å². The Kier molecular flexibility index (Phi) is 9.31. The zero-order valence-electron chi connectivity index (χ0n) is 16.3. The van der Waals surface area contributed by atoms with Gasteiger partial charge in [-0.25, -0.2) is 4.39 Å². The summed E-state index contributed by atoms with van der Waals surface area (Å²) >= 11 is 0. The van der Waals surface area contributed by atoms with Crippen LogP contribution in [-0.4, -0.2) is 27.4 Å². The average Bonchev–Trinajstić information content (AvgIpc) is 2.57. The first-order valence-corrected chi connectivity index (χ1v) is 8.78. The number of hydrogen-bond donors (Lipinski definition) is 2. The number of aryl methyl sites for hydroxylation is 2. The zero-order chi connectivity index (χ0) is 20.1. The van der Waals surface area contributed by atoms with Crippen molar-refractivity contribution in [2.75, 3.05) is 0 Å². The molecule has 0 spiro atoms. The first kappa shape index (κ1) is 24.3. The van der Waals surface area contributed by atoms with Gasteiger partial charge in [0.2, 0.25) is 0 Å². The molecule has 0 aliphatic carbocycles. The maximum atomic E-state index is 13.9. The topological polar surface area (TPSA) is 53.4 Å².